The van der Waals surface area contributed by atoms with Crippen molar-refractivity contribution in [3.8, 4) is 0 Å². The molecule has 27 heavy (non-hydrogen) atoms. The number of ketones is 1. The number of carbonyl (C=O) groups excluding carboxylic acids is 3. The average Bonchev–Trinajstić information content (AvgIpc) is 2.62. The van der Waals surface area contributed by atoms with Crippen LogP contribution in [0.4, 0.5) is 5.69 Å². The molecule has 0 aliphatic carbocycles. The molecule has 0 bridgehead atoms. The number of anilines is 1. The molecule has 0 spiro atoms. The van der Waals surface area contributed by atoms with Gasteiger partial charge in [-0.1, -0.05) is 34.8 Å². The van der Waals surface area contributed by atoms with Crippen molar-refractivity contribution in [2.75, 3.05) is 5.32 Å². The zero-order chi connectivity index (χ0) is 20.0. The number of esters is 1. The first-order valence-electron chi connectivity index (χ1n) is 8.00. The van der Waals surface area contributed by atoms with Gasteiger partial charge in [0.15, 0.2) is 11.9 Å². The highest BCUT2D eigenvalue weighted by Gasteiger charge is 2.19. The molecule has 0 fully saturated rings. The number of benzene rings is 2. The summed E-state index contributed by atoms with van der Waals surface area (Å²) >= 11 is 17.5. The highest BCUT2D eigenvalue weighted by atomic mass is 35.5. The van der Waals surface area contributed by atoms with Crippen molar-refractivity contribution < 1.29 is 19.1 Å². The predicted molar refractivity (Wildman–Crippen MR) is 106 cm³/mol. The monoisotopic (exact) mass is 427 g/mol. The van der Waals surface area contributed by atoms with E-state index in [0.29, 0.717) is 21.3 Å². The molecule has 2 rings (SSSR count). The van der Waals surface area contributed by atoms with Crippen molar-refractivity contribution in [1.29, 1.82) is 0 Å². The second kappa shape index (κ2) is 9.74. The molecule has 1 atom stereocenters. The number of halogens is 3. The maximum atomic E-state index is 12.1. The summed E-state index contributed by atoms with van der Waals surface area (Å²) in [5, 5.41) is 3.77. The van der Waals surface area contributed by atoms with Crippen LogP contribution in [0.15, 0.2) is 42.5 Å². The highest BCUT2D eigenvalue weighted by Crippen LogP contribution is 2.25. The summed E-state index contributed by atoms with van der Waals surface area (Å²) in [5.41, 5.74) is 0.808. The molecule has 142 valence electrons. The van der Waals surface area contributed by atoms with Gasteiger partial charge in [-0.15, -0.1) is 0 Å². The Bertz CT molecular complexity index is 853. The molecule has 0 unspecified atom stereocenters. The van der Waals surface area contributed by atoms with Gasteiger partial charge >= 0.3 is 5.97 Å². The molecule has 0 aliphatic heterocycles. The molecule has 0 aromatic heterocycles. The molecular formula is C19H16Cl3NO4. The second-order valence-electron chi connectivity index (χ2n) is 5.68. The molecule has 0 aliphatic rings. The van der Waals surface area contributed by atoms with Crippen LogP contribution in [-0.4, -0.2) is 23.8 Å². The second-order valence-corrected chi connectivity index (χ2v) is 6.96. The first-order chi connectivity index (χ1) is 12.8. The Labute approximate surface area is 171 Å². The third-order valence-electron chi connectivity index (χ3n) is 3.59. The van der Waals surface area contributed by atoms with Gasteiger partial charge in [0.05, 0.1) is 17.1 Å². The van der Waals surface area contributed by atoms with E-state index >= 15 is 0 Å². The summed E-state index contributed by atoms with van der Waals surface area (Å²) in [6.45, 7) is 1.43. The quantitative estimate of drug-likeness (QED) is 0.487. The predicted octanol–water partition coefficient (Wildman–Crippen LogP) is 5.18. The number of rotatable bonds is 7. The zero-order valence-electron chi connectivity index (χ0n) is 14.3. The van der Waals surface area contributed by atoms with Crippen molar-refractivity contribution in [3.63, 3.8) is 0 Å². The van der Waals surface area contributed by atoms with E-state index < -0.39 is 18.0 Å². The minimum absolute atomic E-state index is 0.0299. The van der Waals surface area contributed by atoms with Crippen LogP contribution in [0.1, 0.15) is 30.1 Å². The van der Waals surface area contributed by atoms with Gasteiger partial charge in [-0.25, -0.2) is 0 Å². The van der Waals surface area contributed by atoms with Crippen LogP contribution in [0.5, 0.6) is 0 Å². The van der Waals surface area contributed by atoms with Crippen LogP contribution in [0, 0.1) is 0 Å². The molecule has 1 N–H and O–H groups in total. The molecule has 8 heteroatoms. The number of amides is 1. The third kappa shape index (κ3) is 6.54. The first-order valence-corrected chi connectivity index (χ1v) is 9.14. The molecule has 0 heterocycles. The van der Waals surface area contributed by atoms with Gasteiger partial charge < -0.3 is 10.1 Å². The van der Waals surface area contributed by atoms with Gasteiger partial charge in [-0.05, 0) is 49.4 Å². The molecule has 2 aromatic rings. The topological polar surface area (TPSA) is 72.5 Å². The average molecular weight is 429 g/mol. The minimum Gasteiger partial charge on any atom is -0.453 e. The van der Waals surface area contributed by atoms with E-state index in [4.69, 9.17) is 39.5 Å². The van der Waals surface area contributed by atoms with Crippen molar-refractivity contribution in [2.45, 2.75) is 25.9 Å². The summed E-state index contributed by atoms with van der Waals surface area (Å²) < 4.78 is 5.06. The molecule has 1 amide bonds. The van der Waals surface area contributed by atoms with E-state index in [9.17, 15) is 14.4 Å². The molecule has 0 radical (unpaired) electrons. The van der Waals surface area contributed by atoms with Gasteiger partial charge in [0, 0.05) is 22.0 Å². The SMILES string of the molecule is C[C@H](OC(=O)CCC(=O)c1ccc(Cl)cc1)C(=O)Nc1ccc(Cl)cc1Cl. The Balaban J connectivity index is 1.82. The maximum Gasteiger partial charge on any atom is 0.307 e. The van der Waals surface area contributed by atoms with E-state index in [1.807, 2.05) is 0 Å². The Morgan fingerprint density at radius 3 is 2.22 bits per heavy atom. The van der Waals surface area contributed by atoms with Crippen molar-refractivity contribution in [3.05, 3.63) is 63.1 Å². The Hall–Kier alpha value is -2.08. The Kier molecular flexibility index (Phi) is 7.66. The van der Waals surface area contributed by atoms with E-state index in [1.54, 1.807) is 36.4 Å². The summed E-state index contributed by atoms with van der Waals surface area (Å²) in [4.78, 5) is 36.0. The van der Waals surface area contributed by atoms with E-state index in [-0.39, 0.29) is 23.6 Å². The maximum absolute atomic E-state index is 12.1. The standard InChI is InChI=1S/C19H16Cl3NO4/c1-11(19(26)23-16-7-6-14(21)10-15(16)22)27-18(25)9-8-17(24)12-2-4-13(20)5-3-12/h2-7,10-11H,8-9H2,1H3,(H,23,26)/t11-/m0/s1. The van der Waals surface area contributed by atoms with E-state index in [1.165, 1.54) is 13.0 Å². The molecular weight excluding hydrogens is 413 g/mol. The Morgan fingerprint density at radius 2 is 1.59 bits per heavy atom. The summed E-state index contributed by atoms with van der Waals surface area (Å²) in [7, 11) is 0. The van der Waals surface area contributed by atoms with Crippen molar-refractivity contribution in [2.24, 2.45) is 0 Å². The first kappa shape index (κ1) is 21.2. The molecule has 5 nitrogen and oxygen atoms in total. The third-order valence-corrected chi connectivity index (χ3v) is 4.39. The van der Waals surface area contributed by atoms with Crippen molar-refractivity contribution >= 4 is 58.1 Å². The number of nitrogens with one attached hydrogen (secondary N) is 1. The van der Waals surface area contributed by atoms with Gasteiger partial charge in [-0.3, -0.25) is 14.4 Å². The fourth-order valence-electron chi connectivity index (χ4n) is 2.13. The fourth-order valence-corrected chi connectivity index (χ4v) is 2.71. The minimum atomic E-state index is -1.05. The molecule has 0 saturated heterocycles. The lowest BCUT2D eigenvalue weighted by Gasteiger charge is -2.14. The van der Waals surface area contributed by atoms with E-state index in [2.05, 4.69) is 5.32 Å². The van der Waals surface area contributed by atoms with Crippen LogP contribution in [0.2, 0.25) is 15.1 Å². The van der Waals surface area contributed by atoms with Crippen LogP contribution in [0.25, 0.3) is 0 Å². The number of hydrogen-bond donors (Lipinski definition) is 1. The van der Waals surface area contributed by atoms with Crippen molar-refractivity contribution in [1.82, 2.24) is 0 Å². The van der Waals surface area contributed by atoms with E-state index in [0.717, 1.165) is 0 Å². The van der Waals surface area contributed by atoms with Gasteiger partial charge in [0.1, 0.15) is 0 Å². The highest BCUT2D eigenvalue weighted by molar-refractivity contribution is 6.36. The number of hydrogen-bond acceptors (Lipinski definition) is 4. The number of Topliss-reactive ketones (excluding diaryl/α,β-unsaturated/α-hetero) is 1. The van der Waals surface area contributed by atoms with Gasteiger partial charge in [0.25, 0.3) is 5.91 Å². The van der Waals surface area contributed by atoms with Gasteiger partial charge in [0.2, 0.25) is 0 Å². The van der Waals surface area contributed by atoms with Gasteiger partial charge in [-0.2, -0.15) is 0 Å². The number of ether oxygens (including phenoxy) is 1. The largest absolute Gasteiger partial charge is 0.453 e. The van der Waals surface area contributed by atoms with Crippen LogP contribution >= 0.6 is 34.8 Å². The zero-order valence-corrected chi connectivity index (χ0v) is 16.6. The van der Waals surface area contributed by atoms with Crippen LogP contribution in [0.3, 0.4) is 0 Å². The van der Waals surface area contributed by atoms with Crippen LogP contribution in [-0.2, 0) is 14.3 Å². The smallest absolute Gasteiger partial charge is 0.307 e. The lowest BCUT2D eigenvalue weighted by atomic mass is 10.1. The summed E-state index contributed by atoms with van der Waals surface area (Å²) in [6, 6.07) is 11.0. The molecule has 2 aromatic carbocycles. The fraction of sp³-hybridized carbons (Fsp3) is 0.211. The normalized spacial score (nSPS) is 11.6. The number of carbonyl (C=O) groups is 3. The molecule has 0 saturated carbocycles. The Morgan fingerprint density at radius 1 is 0.963 bits per heavy atom. The lowest BCUT2D eigenvalue weighted by Crippen LogP contribution is -2.30. The van der Waals surface area contributed by atoms with Crippen LogP contribution < -0.4 is 5.32 Å². The summed E-state index contributed by atoms with van der Waals surface area (Å²) in [5.74, 6) is -1.41. The summed E-state index contributed by atoms with van der Waals surface area (Å²) in [6.07, 6.45) is -1.21. The lowest BCUT2D eigenvalue weighted by molar-refractivity contribution is -0.153.